The molecular formula is C14H17BrN4OS. The van der Waals surface area contributed by atoms with Gasteiger partial charge in [-0.15, -0.1) is 11.3 Å². The Morgan fingerprint density at radius 1 is 1.57 bits per heavy atom. The number of hydrogen-bond acceptors (Lipinski definition) is 4. The van der Waals surface area contributed by atoms with Crippen LogP contribution in [-0.2, 0) is 19.5 Å². The molecule has 1 aliphatic heterocycles. The fourth-order valence-electron chi connectivity index (χ4n) is 2.46. The lowest BCUT2D eigenvalue weighted by Gasteiger charge is -2.20. The van der Waals surface area contributed by atoms with E-state index in [1.54, 1.807) is 11.3 Å². The Labute approximate surface area is 136 Å². The Hall–Kier alpha value is -1.18. The maximum atomic E-state index is 12.4. The van der Waals surface area contributed by atoms with E-state index in [4.69, 9.17) is 0 Å². The van der Waals surface area contributed by atoms with E-state index in [1.807, 2.05) is 23.8 Å². The molecule has 2 aromatic heterocycles. The minimum Gasteiger partial charge on any atom is -0.343 e. The minimum atomic E-state index is -0.109. The van der Waals surface area contributed by atoms with Gasteiger partial charge in [-0.05, 0) is 36.0 Å². The number of nitrogens with zero attached hydrogens (tertiary/aromatic N) is 3. The summed E-state index contributed by atoms with van der Waals surface area (Å²) in [7, 11) is 2.10. The van der Waals surface area contributed by atoms with Gasteiger partial charge in [0.2, 0.25) is 0 Å². The van der Waals surface area contributed by atoms with Crippen LogP contribution >= 0.6 is 27.3 Å². The molecule has 1 amide bonds. The fraction of sp³-hybridized carbons (Fsp3) is 0.429. The van der Waals surface area contributed by atoms with Crippen LogP contribution < -0.4 is 5.32 Å². The van der Waals surface area contributed by atoms with Gasteiger partial charge in [0.05, 0.1) is 5.69 Å². The number of fused-ring (bicyclic) bond motifs is 1. The van der Waals surface area contributed by atoms with E-state index < -0.39 is 0 Å². The van der Waals surface area contributed by atoms with Gasteiger partial charge in [-0.25, -0.2) is 4.98 Å². The van der Waals surface area contributed by atoms with E-state index in [0.29, 0.717) is 10.8 Å². The SMILES string of the molecule is CCn1cc(Br)cc1C(=O)Nc1nc2c(s1)CN(C)CC2. The number of amides is 1. The monoisotopic (exact) mass is 368 g/mol. The predicted octanol–water partition coefficient (Wildman–Crippen LogP) is 2.97. The van der Waals surface area contributed by atoms with E-state index in [9.17, 15) is 4.79 Å². The van der Waals surface area contributed by atoms with Crippen molar-refractivity contribution in [1.82, 2.24) is 14.5 Å². The zero-order chi connectivity index (χ0) is 15.0. The lowest BCUT2D eigenvalue weighted by molar-refractivity contribution is 0.101. The van der Waals surface area contributed by atoms with Gasteiger partial charge in [0.25, 0.3) is 5.91 Å². The Morgan fingerprint density at radius 3 is 3.14 bits per heavy atom. The van der Waals surface area contributed by atoms with E-state index in [1.165, 1.54) is 4.88 Å². The third-order valence-corrected chi connectivity index (χ3v) is 5.01. The summed E-state index contributed by atoms with van der Waals surface area (Å²) in [6.45, 7) is 4.71. The molecule has 1 N–H and O–H groups in total. The molecule has 0 spiro atoms. The molecule has 0 bridgehead atoms. The second-order valence-corrected chi connectivity index (χ2v) is 7.16. The van der Waals surface area contributed by atoms with Crippen molar-refractivity contribution in [2.24, 2.45) is 0 Å². The molecule has 0 atom stereocenters. The molecule has 3 heterocycles. The van der Waals surface area contributed by atoms with Gasteiger partial charge in [0.1, 0.15) is 5.69 Å². The Bertz CT molecular complexity index is 679. The van der Waals surface area contributed by atoms with Gasteiger partial charge in [0, 0.05) is 41.6 Å². The number of halogens is 1. The summed E-state index contributed by atoms with van der Waals surface area (Å²) in [5.74, 6) is -0.109. The van der Waals surface area contributed by atoms with Gasteiger partial charge in [0.15, 0.2) is 5.13 Å². The van der Waals surface area contributed by atoms with Crippen LogP contribution in [0, 0.1) is 0 Å². The number of anilines is 1. The topological polar surface area (TPSA) is 50.2 Å². The van der Waals surface area contributed by atoms with Crippen molar-refractivity contribution < 1.29 is 4.79 Å². The summed E-state index contributed by atoms with van der Waals surface area (Å²) >= 11 is 4.99. The second-order valence-electron chi connectivity index (χ2n) is 5.16. The highest BCUT2D eigenvalue weighted by Crippen LogP contribution is 2.28. The summed E-state index contributed by atoms with van der Waals surface area (Å²) in [4.78, 5) is 20.5. The first kappa shape index (κ1) is 14.7. The predicted molar refractivity (Wildman–Crippen MR) is 87.9 cm³/mol. The highest BCUT2D eigenvalue weighted by Gasteiger charge is 2.20. The lowest BCUT2D eigenvalue weighted by Crippen LogP contribution is -2.25. The van der Waals surface area contributed by atoms with Crippen molar-refractivity contribution in [3.05, 3.63) is 33.0 Å². The Balaban J connectivity index is 1.79. The third-order valence-electron chi connectivity index (χ3n) is 3.58. The van der Waals surface area contributed by atoms with E-state index in [-0.39, 0.29) is 5.91 Å². The van der Waals surface area contributed by atoms with E-state index in [0.717, 1.165) is 36.2 Å². The van der Waals surface area contributed by atoms with Crippen molar-refractivity contribution in [3.8, 4) is 0 Å². The van der Waals surface area contributed by atoms with Crippen LogP contribution in [0.3, 0.4) is 0 Å². The molecule has 0 aromatic carbocycles. The van der Waals surface area contributed by atoms with Crippen LogP contribution in [0.2, 0.25) is 0 Å². The molecule has 0 fully saturated rings. The van der Waals surface area contributed by atoms with E-state index >= 15 is 0 Å². The molecule has 112 valence electrons. The number of aromatic nitrogens is 2. The summed E-state index contributed by atoms with van der Waals surface area (Å²) in [5, 5.41) is 3.62. The first-order valence-corrected chi connectivity index (χ1v) is 8.52. The molecule has 0 radical (unpaired) electrons. The summed E-state index contributed by atoms with van der Waals surface area (Å²) < 4.78 is 2.83. The maximum Gasteiger partial charge on any atom is 0.274 e. The average Bonchev–Trinajstić information content (AvgIpc) is 3.00. The van der Waals surface area contributed by atoms with Gasteiger partial charge in [-0.2, -0.15) is 0 Å². The number of nitrogens with one attached hydrogen (secondary N) is 1. The smallest absolute Gasteiger partial charge is 0.274 e. The second kappa shape index (κ2) is 5.90. The van der Waals surface area contributed by atoms with Crippen molar-refractivity contribution in [2.75, 3.05) is 18.9 Å². The summed E-state index contributed by atoms with van der Waals surface area (Å²) in [6, 6.07) is 1.83. The standard InChI is InChI=1S/C14H17BrN4OS/c1-3-19-7-9(15)6-11(19)13(20)17-14-16-10-4-5-18(2)8-12(10)21-14/h6-7H,3-5,8H2,1-2H3,(H,16,17,20). The number of carbonyl (C=O) groups is 1. The largest absolute Gasteiger partial charge is 0.343 e. The molecule has 21 heavy (non-hydrogen) atoms. The molecule has 5 nitrogen and oxygen atoms in total. The molecule has 3 rings (SSSR count). The zero-order valence-electron chi connectivity index (χ0n) is 12.0. The molecule has 0 unspecified atom stereocenters. The van der Waals surface area contributed by atoms with Crippen LogP contribution in [0.25, 0.3) is 0 Å². The molecule has 0 saturated heterocycles. The molecular weight excluding hydrogens is 352 g/mol. The highest BCUT2D eigenvalue weighted by atomic mass is 79.9. The van der Waals surface area contributed by atoms with Crippen molar-refractivity contribution in [1.29, 1.82) is 0 Å². The highest BCUT2D eigenvalue weighted by molar-refractivity contribution is 9.10. The van der Waals surface area contributed by atoms with Crippen LogP contribution in [0.15, 0.2) is 16.7 Å². The number of hydrogen-bond donors (Lipinski definition) is 1. The third kappa shape index (κ3) is 3.04. The number of thiazole rings is 1. The quantitative estimate of drug-likeness (QED) is 0.905. The molecule has 1 aliphatic rings. The average molecular weight is 369 g/mol. The normalized spacial score (nSPS) is 15.0. The van der Waals surface area contributed by atoms with Crippen LogP contribution in [0.5, 0.6) is 0 Å². The molecule has 0 aliphatic carbocycles. The van der Waals surface area contributed by atoms with Gasteiger partial charge < -0.3 is 9.47 Å². The van der Waals surface area contributed by atoms with Crippen molar-refractivity contribution in [2.45, 2.75) is 26.4 Å². The fourth-order valence-corrected chi connectivity index (χ4v) is 4.01. The van der Waals surface area contributed by atoms with Crippen molar-refractivity contribution in [3.63, 3.8) is 0 Å². The molecule has 7 heteroatoms. The minimum absolute atomic E-state index is 0.109. The van der Waals surface area contributed by atoms with Gasteiger partial charge in [-0.3, -0.25) is 10.1 Å². The number of aryl methyl sites for hydroxylation is 1. The Kier molecular flexibility index (Phi) is 4.14. The molecule has 2 aromatic rings. The van der Waals surface area contributed by atoms with E-state index in [2.05, 4.69) is 38.2 Å². The number of rotatable bonds is 3. The first-order chi connectivity index (χ1) is 10.1. The summed E-state index contributed by atoms with van der Waals surface area (Å²) in [5.41, 5.74) is 1.77. The van der Waals surface area contributed by atoms with Gasteiger partial charge in [-0.1, -0.05) is 0 Å². The maximum absolute atomic E-state index is 12.4. The Morgan fingerprint density at radius 2 is 2.38 bits per heavy atom. The van der Waals surface area contributed by atoms with Gasteiger partial charge >= 0.3 is 0 Å². The van der Waals surface area contributed by atoms with Crippen LogP contribution in [0.1, 0.15) is 28.0 Å². The number of carbonyl (C=O) groups excluding carboxylic acids is 1. The first-order valence-electron chi connectivity index (χ1n) is 6.91. The summed E-state index contributed by atoms with van der Waals surface area (Å²) in [6.07, 6.45) is 2.87. The number of likely N-dealkylation sites (N-methyl/N-ethyl adjacent to an activating group) is 1. The molecule has 0 saturated carbocycles. The van der Waals surface area contributed by atoms with Crippen LogP contribution in [-0.4, -0.2) is 34.0 Å². The van der Waals surface area contributed by atoms with Crippen LogP contribution in [0.4, 0.5) is 5.13 Å². The zero-order valence-corrected chi connectivity index (χ0v) is 14.4. The van der Waals surface area contributed by atoms with Crippen molar-refractivity contribution >= 4 is 38.3 Å². The lowest BCUT2D eigenvalue weighted by atomic mass is 10.2.